The van der Waals surface area contributed by atoms with Gasteiger partial charge in [0.15, 0.2) is 6.10 Å². The number of ketones is 1. The number of sulfonamides is 2. The number of methoxy groups -OCH3 is 1. The van der Waals surface area contributed by atoms with E-state index in [4.69, 9.17) is 9.47 Å². The average Bonchev–Trinajstić information content (AvgIpc) is 2.72. The summed E-state index contributed by atoms with van der Waals surface area (Å²) in [6.07, 6.45) is -0.193. The first-order chi connectivity index (χ1) is 14.8. The van der Waals surface area contributed by atoms with Crippen LogP contribution in [0.4, 0.5) is 5.69 Å². The zero-order chi connectivity index (χ0) is 24.1. The van der Waals surface area contributed by atoms with Gasteiger partial charge in [0.2, 0.25) is 25.8 Å². The molecule has 1 unspecified atom stereocenters. The fourth-order valence-electron chi connectivity index (χ4n) is 2.58. The van der Waals surface area contributed by atoms with Crippen molar-refractivity contribution < 1.29 is 35.9 Å². The molecule has 0 saturated carbocycles. The van der Waals surface area contributed by atoms with E-state index in [2.05, 4.69) is 9.44 Å². The molecule has 0 radical (unpaired) electrons. The van der Waals surface area contributed by atoms with Gasteiger partial charge in [-0.05, 0) is 62.4 Å². The van der Waals surface area contributed by atoms with Crippen molar-refractivity contribution in [1.29, 1.82) is 0 Å². The van der Waals surface area contributed by atoms with Gasteiger partial charge in [-0.15, -0.1) is 0 Å². The van der Waals surface area contributed by atoms with Crippen molar-refractivity contribution in [3.05, 3.63) is 54.1 Å². The highest BCUT2D eigenvalue weighted by Crippen LogP contribution is 2.17. The number of carbonyl (C=O) groups excluding carboxylic acids is 2. The lowest BCUT2D eigenvalue weighted by atomic mass is 10.1. The summed E-state index contributed by atoms with van der Waals surface area (Å²) in [6.45, 7) is 2.65. The van der Waals surface area contributed by atoms with Gasteiger partial charge in [-0.2, -0.15) is 4.72 Å². The molecule has 32 heavy (non-hydrogen) atoms. The van der Waals surface area contributed by atoms with Crippen LogP contribution in [-0.4, -0.2) is 54.1 Å². The first-order valence-electron chi connectivity index (χ1n) is 9.31. The largest absolute Gasteiger partial charge is 0.497 e. The Kier molecular flexibility index (Phi) is 7.99. The number of anilines is 1. The number of Topliss-reactive ketones (excluding diaryl/α,β-unsaturated/α-hetero) is 1. The highest BCUT2D eigenvalue weighted by atomic mass is 32.2. The molecular weight excluding hydrogens is 460 g/mol. The van der Waals surface area contributed by atoms with Crippen LogP contribution in [0.2, 0.25) is 0 Å². The minimum absolute atomic E-state index is 0.0649. The van der Waals surface area contributed by atoms with Gasteiger partial charge in [0.05, 0.1) is 18.3 Å². The maximum Gasteiger partial charge on any atom is 0.324 e. The molecule has 2 atom stereocenters. The molecule has 12 heteroatoms. The maximum absolute atomic E-state index is 12.5. The molecule has 2 N–H and O–H groups in total. The molecule has 0 amide bonds. The third-order valence-corrected chi connectivity index (χ3v) is 6.35. The number of carbonyl (C=O) groups is 2. The van der Waals surface area contributed by atoms with Gasteiger partial charge in [-0.1, -0.05) is 0 Å². The van der Waals surface area contributed by atoms with Gasteiger partial charge in [0.25, 0.3) is 0 Å². The van der Waals surface area contributed by atoms with Crippen molar-refractivity contribution in [3.8, 4) is 5.75 Å². The molecule has 0 fully saturated rings. The third kappa shape index (κ3) is 7.04. The number of hydrogen-bond acceptors (Lipinski definition) is 8. The molecule has 0 aromatic heterocycles. The predicted octanol–water partition coefficient (Wildman–Crippen LogP) is 1.55. The van der Waals surface area contributed by atoms with Gasteiger partial charge in [0, 0.05) is 11.3 Å². The van der Waals surface area contributed by atoms with Crippen LogP contribution in [0.1, 0.15) is 24.2 Å². The Morgan fingerprint density at radius 1 is 0.906 bits per heavy atom. The molecule has 174 valence electrons. The lowest BCUT2D eigenvalue weighted by molar-refractivity contribution is -0.147. The van der Waals surface area contributed by atoms with Crippen LogP contribution in [0.5, 0.6) is 5.75 Å². The minimum atomic E-state index is -4.00. The summed E-state index contributed by atoms with van der Waals surface area (Å²) in [5, 5.41) is 0. The minimum Gasteiger partial charge on any atom is -0.497 e. The van der Waals surface area contributed by atoms with E-state index in [1.54, 1.807) is 0 Å². The van der Waals surface area contributed by atoms with Crippen LogP contribution in [0, 0.1) is 0 Å². The number of esters is 1. The van der Waals surface area contributed by atoms with E-state index in [1.165, 1.54) is 69.5 Å². The zero-order valence-corrected chi connectivity index (χ0v) is 19.5. The number of ether oxygens (including phenoxy) is 2. The molecule has 2 rings (SSSR count). The Labute approximate surface area is 187 Å². The Balaban J connectivity index is 2.00. The van der Waals surface area contributed by atoms with Gasteiger partial charge >= 0.3 is 5.97 Å². The number of benzene rings is 2. The number of nitrogens with one attached hydrogen (secondary N) is 2. The molecule has 0 aliphatic carbocycles. The van der Waals surface area contributed by atoms with Gasteiger partial charge in [0.1, 0.15) is 11.8 Å². The lowest BCUT2D eigenvalue weighted by Crippen LogP contribution is -2.41. The van der Waals surface area contributed by atoms with E-state index in [9.17, 15) is 26.4 Å². The zero-order valence-electron chi connectivity index (χ0n) is 17.9. The second kappa shape index (κ2) is 10.1. The van der Waals surface area contributed by atoms with E-state index in [-0.39, 0.29) is 16.1 Å². The van der Waals surface area contributed by atoms with Crippen molar-refractivity contribution in [1.82, 2.24) is 4.72 Å². The van der Waals surface area contributed by atoms with Crippen LogP contribution < -0.4 is 14.2 Å². The summed E-state index contributed by atoms with van der Waals surface area (Å²) in [5.74, 6) is -0.989. The average molecular weight is 485 g/mol. The Morgan fingerprint density at radius 3 is 1.97 bits per heavy atom. The Bertz CT molecular complexity index is 1180. The molecule has 0 aliphatic rings. The Hall–Kier alpha value is -2.96. The normalized spacial score (nSPS) is 13.6. The van der Waals surface area contributed by atoms with Crippen molar-refractivity contribution >= 4 is 37.5 Å². The first-order valence-corrected chi connectivity index (χ1v) is 12.7. The van der Waals surface area contributed by atoms with Gasteiger partial charge < -0.3 is 9.47 Å². The lowest BCUT2D eigenvalue weighted by Gasteiger charge is -2.17. The summed E-state index contributed by atoms with van der Waals surface area (Å²) in [6, 6.07) is 9.90. The standard InChI is InChI=1S/C20H24N2O8S2/c1-13(21-32(27,28)18-11-9-17(29-3)10-12-18)20(24)30-14(2)19(23)15-5-7-16(8-6-15)22-31(4,25)26/h5-14,21-22H,1-4H3/t13-,14?/m0/s1. The van der Waals surface area contributed by atoms with Crippen LogP contribution in [-0.2, 0) is 29.6 Å². The highest BCUT2D eigenvalue weighted by molar-refractivity contribution is 7.92. The maximum atomic E-state index is 12.5. The summed E-state index contributed by atoms with van der Waals surface area (Å²) in [5.41, 5.74) is 0.464. The molecule has 0 saturated heterocycles. The van der Waals surface area contributed by atoms with E-state index < -0.39 is 43.9 Å². The molecular formula is C20H24N2O8S2. The SMILES string of the molecule is COc1ccc(S(=O)(=O)N[C@@H](C)C(=O)OC(C)C(=O)c2ccc(NS(C)(=O)=O)cc2)cc1. The highest BCUT2D eigenvalue weighted by Gasteiger charge is 2.27. The van der Waals surface area contributed by atoms with Gasteiger partial charge in [-0.25, -0.2) is 16.8 Å². The molecule has 10 nitrogen and oxygen atoms in total. The molecule has 0 aliphatic heterocycles. The summed E-state index contributed by atoms with van der Waals surface area (Å²) < 4.78 is 61.9. The second-order valence-electron chi connectivity index (χ2n) is 6.91. The fourth-order valence-corrected chi connectivity index (χ4v) is 4.34. The van der Waals surface area contributed by atoms with Crippen LogP contribution in [0.15, 0.2) is 53.4 Å². The van der Waals surface area contributed by atoms with Crippen LogP contribution in [0.3, 0.4) is 0 Å². The first kappa shape index (κ1) is 25.3. The van der Waals surface area contributed by atoms with E-state index in [1.807, 2.05) is 0 Å². The summed E-state index contributed by atoms with van der Waals surface area (Å²) in [4.78, 5) is 24.7. The van der Waals surface area contributed by atoms with Crippen molar-refractivity contribution in [2.24, 2.45) is 0 Å². The second-order valence-corrected chi connectivity index (χ2v) is 10.4. The van der Waals surface area contributed by atoms with E-state index in [0.29, 0.717) is 5.75 Å². The summed E-state index contributed by atoms with van der Waals surface area (Å²) >= 11 is 0. The number of hydrogen-bond donors (Lipinski definition) is 2. The smallest absolute Gasteiger partial charge is 0.324 e. The van der Waals surface area contributed by atoms with E-state index in [0.717, 1.165) is 6.26 Å². The summed E-state index contributed by atoms with van der Waals surface area (Å²) in [7, 11) is -6.01. The van der Waals surface area contributed by atoms with Gasteiger partial charge in [-0.3, -0.25) is 14.3 Å². The van der Waals surface area contributed by atoms with Crippen LogP contribution >= 0.6 is 0 Å². The molecule has 0 bridgehead atoms. The monoisotopic (exact) mass is 484 g/mol. The van der Waals surface area contributed by atoms with E-state index >= 15 is 0 Å². The van der Waals surface area contributed by atoms with Crippen molar-refractivity contribution in [2.75, 3.05) is 18.1 Å². The molecule has 0 heterocycles. The van der Waals surface area contributed by atoms with Crippen molar-refractivity contribution in [3.63, 3.8) is 0 Å². The van der Waals surface area contributed by atoms with Crippen LogP contribution in [0.25, 0.3) is 0 Å². The van der Waals surface area contributed by atoms with Crippen molar-refractivity contribution in [2.45, 2.75) is 30.9 Å². The topological polar surface area (TPSA) is 145 Å². The molecule has 0 spiro atoms. The number of rotatable bonds is 10. The third-order valence-electron chi connectivity index (χ3n) is 4.19. The molecule has 2 aromatic rings. The fraction of sp³-hybridized carbons (Fsp3) is 0.300. The quantitative estimate of drug-likeness (QED) is 0.382. The Morgan fingerprint density at radius 2 is 1.47 bits per heavy atom. The predicted molar refractivity (Wildman–Crippen MR) is 118 cm³/mol. The molecule has 2 aromatic carbocycles.